The van der Waals surface area contributed by atoms with Crippen LogP contribution in [0.15, 0.2) is 0 Å². The summed E-state index contributed by atoms with van der Waals surface area (Å²) in [5, 5.41) is 14.2. The van der Waals surface area contributed by atoms with Crippen LogP contribution in [0.2, 0.25) is 0 Å². The van der Waals surface area contributed by atoms with Crippen LogP contribution in [0, 0.1) is 5.41 Å². The molecule has 3 fully saturated rings. The van der Waals surface area contributed by atoms with Gasteiger partial charge < -0.3 is 10.4 Å². The van der Waals surface area contributed by atoms with E-state index in [9.17, 15) is 5.11 Å². The SMILES string of the molecule is OC1(C2CCCN2)CCC2(CCCC2)CC1. The van der Waals surface area contributed by atoms with Gasteiger partial charge in [-0.1, -0.05) is 12.8 Å². The molecule has 3 aliphatic rings. The third-order valence-corrected chi connectivity index (χ3v) is 5.55. The number of hydrogen-bond acceptors (Lipinski definition) is 2. The highest BCUT2D eigenvalue weighted by molar-refractivity contribution is 5.01. The standard InChI is InChI=1S/C14H25NO/c16-14(12-4-3-11-15-12)9-7-13(8-10-14)5-1-2-6-13/h12,15-16H,1-11H2. The first-order valence-corrected chi connectivity index (χ1v) is 7.18. The van der Waals surface area contributed by atoms with Gasteiger partial charge in [0.1, 0.15) is 0 Å². The molecule has 2 heteroatoms. The van der Waals surface area contributed by atoms with Crippen molar-refractivity contribution in [3.05, 3.63) is 0 Å². The van der Waals surface area contributed by atoms with E-state index in [0.717, 1.165) is 19.4 Å². The molecule has 1 unspecified atom stereocenters. The van der Waals surface area contributed by atoms with Gasteiger partial charge in [-0.25, -0.2) is 0 Å². The van der Waals surface area contributed by atoms with Crippen molar-refractivity contribution >= 4 is 0 Å². The molecule has 16 heavy (non-hydrogen) atoms. The molecule has 1 spiro atoms. The van der Waals surface area contributed by atoms with Crippen molar-refractivity contribution in [2.45, 2.75) is 75.9 Å². The summed E-state index contributed by atoms with van der Waals surface area (Å²) in [7, 11) is 0. The van der Waals surface area contributed by atoms with Gasteiger partial charge in [-0.05, 0) is 63.3 Å². The van der Waals surface area contributed by atoms with Crippen LogP contribution in [0.1, 0.15) is 64.2 Å². The lowest BCUT2D eigenvalue weighted by Crippen LogP contribution is -2.51. The van der Waals surface area contributed by atoms with Gasteiger partial charge in [0.25, 0.3) is 0 Å². The summed E-state index contributed by atoms with van der Waals surface area (Å²) in [5.41, 5.74) is 0.273. The third-order valence-electron chi connectivity index (χ3n) is 5.55. The summed E-state index contributed by atoms with van der Waals surface area (Å²) < 4.78 is 0. The fourth-order valence-corrected chi connectivity index (χ4v) is 4.33. The summed E-state index contributed by atoms with van der Waals surface area (Å²) in [6.07, 6.45) is 12.8. The second-order valence-corrected chi connectivity index (χ2v) is 6.46. The monoisotopic (exact) mass is 223 g/mol. The van der Waals surface area contributed by atoms with Gasteiger partial charge >= 0.3 is 0 Å². The first-order chi connectivity index (χ1) is 7.73. The number of hydrogen-bond donors (Lipinski definition) is 2. The van der Waals surface area contributed by atoms with Crippen molar-refractivity contribution in [1.82, 2.24) is 5.32 Å². The topological polar surface area (TPSA) is 32.3 Å². The third kappa shape index (κ3) is 1.80. The van der Waals surface area contributed by atoms with E-state index >= 15 is 0 Å². The molecule has 1 heterocycles. The van der Waals surface area contributed by atoms with E-state index in [0.29, 0.717) is 11.5 Å². The molecule has 0 bridgehead atoms. The smallest absolute Gasteiger partial charge is 0.0800 e. The zero-order valence-electron chi connectivity index (χ0n) is 10.3. The Bertz CT molecular complexity index is 241. The molecule has 0 aromatic heterocycles. The Morgan fingerprint density at radius 1 is 0.875 bits per heavy atom. The van der Waals surface area contributed by atoms with Crippen LogP contribution in [-0.4, -0.2) is 23.3 Å². The molecule has 0 radical (unpaired) electrons. The molecule has 1 saturated heterocycles. The van der Waals surface area contributed by atoms with Crippen molar-refractivity contribution in [3.63, 3.8) is 0 Å². The predicted octanol–water partition coefficient (Wildman–Crippen LogP) is 2.60. The van der Waals surface area contributed by atoms with Crippen LogP contribution in [0.3, 0.4) is 0 Å². The predicted molar refractivity (Wildman–Crippen MR) is 65.3 cm³/mol. The molecule has 2 aliphatic carbocycles. The second kappa shape index (κ2) is 3.99. The molecule has 2 nitrogen and oxygen atoms in total. The van der Waals surface area contributed by atoms with Gasteiger partial charge in [-0.3, -0.25) is 0 Å². The molecular weight excluding hydrogens is 198 g/mol. The van der Waals surface area contributed by atoms with Crippen LogP contribution in [0.5, 0.6) is 0 Å². The highest BCUT2D eigenvalue weighted by atomic mass is 16.3. The molecular formula is C14H25NO. The molecule has 1 atom stereocenters. The lowest BCUT2D eigenvalue weighted by molar-refractivity contribution is -0.0558. The maximum atomic E-state index is 10.8. The Labute approximate surface area is 98.8 Å². The molecule has 1 aliphatic heterocycles. The fraction of sp³-hybridized carbons (Fsp3) is 1.00. The molecule has 0 aromatic rings. The summed E-state index contributed by atoms with van der Waals surface area (Å²) in [4.78, 5) is 0. The van der Waals surface area contributed by atoms with Crippen LogP contribution in [0.4, 0.5) is 0 Å². The van der Waals surface area contributed by atoms with Crippen LogP contribution in [0.25, 0.3) is 0 Å². The van der Waals surface area contributed by atoms with Crippen molar-refractivity contribution < 1.29 is 5.11 Å². The summed E-state index contributed by atoms with van der Waals surface area (Å²) >= 11 is 0. The summed E-state index contributed by atoms with van der Waals surface area (Å²) in [6.45, 7) is 1.11. The molecule has 2 N–H and O–H groups in total. The van der Waals surface area contributed by atoms with Crippen molar-refractivity contribution in [3.8, 4) is 0 Å². The van der Waals surface area contributed by atoms with Crippen LogP contribution in [-0.2, 0) is 0 Å². The normalized spacial score (nSPS) is 36.9. The van der Waals surface area contributed by atoms with Crippen LogP contribution >= 0.6 is 0 Å². The van der Waals surface area contributed by atoms with E-state index in [1.165, 1.54) is 51.4 Å². The largest absolute Gasteiger partial charge is 0.388 e. The number of nitrogens with one attached hydrogen (secondary N) is 1. The first-order valence-electron chi connectivity index (χ1n) is 7.18. The maximum Gasteiger partial charge on any atom is 0.0800 e. The van der Waals surface area contributed by atoms with Gasteiger partial charge in [-0.15, -0.1) is 0 Å². The molecule has 0 aromatic carbocycles. The summed E-state index contributed by atoms with van der Waals surface area (Å²) in [6, 6.07) is 0.395. The average Bonchev–Trinajstić information content (AvgIpc) is 2.96. The minimum absolute atomic E-state index is 0.371. The zero-order valence-corrected chi connectivity index (χ0v) is 10.3. The lowest BCUT2D eigenvalue weighted by Gasteiger charge is -2.45. The molecule has 0 amide bonds. The van der Waals surface area contributed by atoms with E-state index in [1.54, 1.807) is 0 Å². The Morgan fingerprint density at radius 2 is 1.56 bits per heavy atom. The maximum absolute atomic E-state index is 10.8. The highest BCUT2D eigenvalue weighted by Crippen LogP contribution is 2.52. The quantitative estimate of drug-likeness (QED) is 0.716. The Kier molecular flexibility index (Phi) is 2.75. The van der Waals surface area contributed by atoms with E-state index in [2.05, 4.69) is 5.32 Å². The van der Waals surface area contributed by atoms with Gasteiger partial charge in [0.15, 0.2) is 0 Å². The van der Waals surface area contributed by atoms with Gasteiger partial charge in [-0.2, -0.15) is 0 Å². The van der Waals surface area contributed by atoms with E-state index in [1.807, 2.05) is 0 Å². The van der Waals surface area contributed by atoms with Crippen molar-refractivity contribution in [2.24, 2.45) is 5.41 Å². The van der Waals surface area contributed by atoms with E-state index < -0.39 is 0 Å². The van der Waals surface area contributed by atoms with Crippen molar-refractivity contribution in [1.29, 1.82) is 0 Å². The highest BCUT2D eigenvalue weighted by Gasteiger charge is 2.46. The lowest BCUT2D eigenvalue weighted by atomic mass is 9.65. The number of rotatable bonds is 1. The van der Waals surface area contributed by atoms with E-state index in [4.69, 9.17) is 0 Å². The molecule has 2 saturated carbocycles. The van der Waals surface area contributed by atoms with Gasteiger partial charge in [0, 0.05) is 6.04 Å². The Morgan fingerprint density at radius 3 is 2.12 bits per heavy atom. The molecule has 92 valence electrons. The fourth-order valence-electron chi connectivity index (χ4n) is 4.33. The Hall–Kier alpha value is -0.0800. The first kappa shape index (κ1) is 11.0. The summed E-state index contributed by atoms with van der Waals surface area (Å²) in [5.74, 6) is 0. The van der Waals surface area contributed by atoms with Gasteiger partial charge in [0.05, 0.1) is 5.60 Å². The van der Waals surface area contributed by atoms with E-state index in [-0.39, 0.29) is 5.60 Å². The van der Waals surface area contributed by atoms with Crippen LogP contribution < -0.4 is 5.32 Å². The second-order valence-electron chi connectivity index (χ2n) is 6.46. The minimum Gasteiger partial charge on any atom is -0.388 e. The minimum atomic E-state index is -0.371. The number of aliphatic hydroxyl groups is 1. The van der Waals surface area contributed by atoms with Crippen molar-refractivity contribution in [2.75, 3.05) is 6.54 Å². The average molecular weight is 223 g/mol. The zero-order chi connectivity index (χ0) is 11.1. The molecule has 3 rings (SSSR count). The van der Waals surface area contributed by atoms with Gasteiger partial charge in [0.2, 0.25) is 0 Å². The Balaban J connectivity index is 1.64.